The van der Waals surface area contributed by atoms with Crippen molar-refractivity contribution in [1.82, 2.24) is 9.97 Å². The molecule has 5 nitrogen and oxygen atoms in total. The van der Waals surface area contributed by atoms with Gasteiger partial charge in [-0.2, -0.15) is 0 Å². The lowest BCUT2D eigenvalue weighted by atomic mass is 9.49. The first-order chi connectivity index (χ1) is 13.5. The van der Waals surface area contributed by atoms with Gasteiger partial charge < -0.3 is 10.1 Å². The molecule has 4 aliphatic carbocycles. The number of ether oxygens (including phenoxy) is 1. The Morgan fingerprint density at radius 3 is 2.04 bits per heavy atom. The van der Waals surface area contributed by atoms with Crippen LogP contribution in [0.25, 0.3) is 0 Å². The number of nitrogens with zero attached hydrogens (tertiary/aromatic N) is 2. The summed E-state index contributed by atoms with van der Waals surface area (Å²) >= 11 is 0. The molecule has 6 rings (SSSR count). The Kier molecular flexibility index (Phi) is 4.14. The highest BCUT2D eigenvalue weighted by Crippen LogP contribution is 2.60. The molecule has 1 aromatic heterocycles. The van der Waals surface area contributed by atoms with Crippen LogP contribution in [0, 0.1) is 37.0 Å². The van der Waals surface area contributed by atoms with E-state index < -0.39 is 0 Å². The summed E-state index contributed by atoms with van der Waals surface area (Å²) in [5, 5.41) is 3.18. The van der Waals surface area contributed by atoms with E-state index in [1.807, 2.05) is 44.2 Å². The second-order valence-electron chi connectivity index (χ2n) is 9.21. The molecule has 0 radical (unpaired) electrons. The molecule has 4 fully saturated rings. The molecule has 1 aromatic carbocycles. The van der Waals surface area contributed by atoms with E-state index in [-0.39, 0.29) is 11.3 Å². The number of hydrogen-bond acceptors (Lipinski definition) is 4. The Hall–Kier alpha value is -2.43. The van der Waals surface area contributed by atoms with Gasteiger partial charge in [-0.1, -0.05) is 0 Å². The summed E-state index contributed by atoms with van der Waals surface area (Å²) in [5.41, 5.74) is 2.45. The molecule has 1 N–H and O–H groups in total. The molecule has 0 atom stereocenters. The summed E-state index contributed by atoms with van der Waals surface area (Å²) in [4.78, 5) is 21.8. The lowest BCUT2D eigenvalue weighted by Gasteiger charge is -2.55. The number of carbonyl (C=O) groups excluding carboxylic acids is 1. The minimum Gasteiger partial charge on any atom is -0.424 e. The molecule has 0 saturated heterocycles. The Morgan fingerprint density at radius 1 is 0.964 bits per heavy atom. The molecule has 146 valence electrons. The predicted molar refractivity (Wildman–Crippen MR) is 107 cm³/mol. The third-order valence-corrected chi connectivity index (χ3v) is 6.80. The smallest absolute Gasteiger partial charge is 0.322 e. The Bertz CT molecular complexity index is 851. The highest BCUT2D eigenvalue weighted by molar-refractivity contribution is 5.95. The number of hydrogen-bond donors (Lipinski definition) is 1. The fourth-order valence-electron chi connectivity index (χ4n) is 6.10. The highest BCUT2D eigenvalue weighted by atomic mass is 16.5. The van der Waals surface area contributed by atoms with E-state index in [2.05, 4.69) is 15.3 Å². The topological polar surface area (TPSA) is 64.1 Å². The number of aryl methyl sites for hydroxylation is 2. The quantitative estimate of drug-likeness (QED) is 0.811. The van der Waals surface area contributed by atoms with Crippen molar-refractivity contribution in [3.8, 4) is 11.8 Å². The highest BCUT2D eigenvalue weighted by Gasteiger charge is 2.54. The van der Waals surface area contributed by atoms with Crippen LogP contribution in [0.5, 0.6) is 11.8 Å². The van der Waals surface area contributed by atoms with Crippen molar-refractivity contribution in [3.63, 3.8) is 0 Å². The van der Waals surface area contributed by atoms with Crippen LogP contribution < -0.4 is 10.1 Å². The molecular weight excluding hydrogens is 350 g/mol. The summed E-state index contributed by atoms with van der Waals surface area (Å²) in [5.74, 6) is 3.19. The minimum atomic E-state index is -0.128. The van der Waals surface area contributed by atoms with E-state index in [0.29, 0.717) is 11.8 Å². The predicted octanol–water partition coefficient (Wildman–Crippen LogP) is 5.04. The average Bonchev–Trinajstić information content (AvgIpc) is 2.61. The Balaban J connectivity index is 1.27. The van der Waals surface area contributed by atoms with Gasteiger partial charge in [-0.3, -0.25) is 4.79 Å². The molecular formula is C23H27N3O2. The summed E-state index contributed by atoms with van der Waals surface area (Å²) in [7, 11) is 0. The first-order valence-electron chi connectivity index (χ1n) is 10.4. The molecule has 1 amide bonds. The number of rotatable bonds is 4. The second-order valence-corrected chi connectivity index (χ2v) is 9.21. The number of amides is 1. The van der Waals surface area contributed by atoms with Crippen LogP contribution in [0.3, 0.4) is 0 Å². The first-order valence-corrected chi connectivity index (χ1v) is 10.4. The molecule has 0 aliphatic heterocycles. The largest absolute Gasteiger partial charge is 0.424 e. The van der Waals surface area contributed by atoms with Crippen molar-refractivity contribution < 1.29 is 9.53 Å². The number of benzene rings is 1. The summed E-state index contributed by atoms with van der Waals surface area (Å²) < 4.78 is 5.77. The molecule has 4 aliphatic rings. The minimum absolute atomic E-state index is 0.128. The first kappa shape index (κ1) is 17.7. The van der Waals surface area contributed by atoms with E-state index in [4.69, 9.17) is 4.74 Å². The number of anilines is 1. The molecule has 0 unspecified atom stereocenters. The maximum atomic E-state index is 13.2. The molecule has 1 heterocycles. The molecule has 4 bridgehead atoms. The van der Waals surface area contributed by atoms with Gasteiger partial charge in [0.2, 0.25) is 5.91 Å². The second kappa shape index (κ2) is 6.57. The van der Waals surface area contributed by atoms with Gasteiger partial charge in [0.25, 0.3) is 0 Å². The van der Waals surface area contributed by atoms with E-state index in [0.717, 1.165) is 54.1 Å². The molecule has 0 spiro atoms. The van der Waals surface area contributed by atoms with Crippen molar-refractivity contribution in [1.29, 1.82) is 0 Å². The van der Waals surface area contributed by atoms with E-state index in [1.54, 1.807) is 0 Å². The zero-order valence-electron chi connectivity index (χ0n) is 16.6. The van der Waals surface area contributed by atoms with Crippen LogP contribution in [-0.4, -0.2) is 15.9 Å². The van der Waals surface area contributed by atoms with Gasteiger partial charge in [0, 0.05) is 17.1 Å². The lowest BCUT2D eigenvalue weighted by molar-refractivity contribution is -0.140. The standard InChI is InChI=1S/C23H27N3O2/c1-14-7-15(2)25-22(24-14)28-20-5-3-19(4-6-20)26-21(27)23-11-16-8-17(12-23)10-18(9-16)13-23/h3-7,16-18H,8-13H2,1-2H3,(H,26,27). The Morgan fingerprint density at radius 2 is 1.50 bits per heavy atom. The number of carbonyl (C=O) groups is 1. The summed E-state index contributed by atoms with van der Waals surface area (Å²) in [6.07, 6.45) is 7.28. The molecule has 4 saturated carbocycles. The van der Waals surface area contributed by atoms with Crippen molar-refractivity contribution in [2.24, 2.45) is 23.2 Å². The fourth-order valence-corrected chi connectivity index (χ4v) is 6.10. The van der Waals surface area contributed by atoms with E-state index in [9.17, 15) is 4.79 Å². The summed E-state index contributed by atoms with van der Waals surface area (Å²) in [6, 6.07) is 9.78. The monoisotopic (exact) mass is 377 g/mol. The zero-order valence-corrected chi connectivity index (χ0v) is 16.6. The molecule has 5 heteroatoms. The van der Waals surface area contributed by atoms with E-state index in [1.165, 1.54) is 19.3 Å². The molecule has 2 aromatic rings. The maximum absolute atomic E-state index is 13.2. The van der Waals surface area contributed by atoms with Gasteiger partial charge in [0.1, 0.15) is 5.75 Å². The molecule has 28 heavy (non-hydrogen) atoms. The van der Waals surface area contributed by atoms with Gasteiger partial charge in [0.05, 0.1) is 5.41 Å². The van der Waals surface area contributed by atoms with Crippen LogP contribution in [-0.2, 0) is 4.79 Å². The number of nitrogens with one attached hydrogen (secondary N) is 1. The number of aromatic nitrogens is 2. The van der Waals surface area contributed by atoms with Gasteiger partial charge >= 0.3 is 6.01 Å². The van der Waals surface area contributed by atoms with Crippen molar-refractivity contribution in [2.45, 2.75) is 52.4 Å². The Labute approximate surface area is 165 Å². The third kappa shape index (κ3) is 3.27. The normalized spacial score (nSPS) is 30.3. The van der Waals surface area contributed by atoms with E-state index >= 15 is 0 Å². The van der Waals surface area contributed by atoms with Crippen molar-refractivity contribution in [3.05, 3.63) is 41.7 Å². The van der Waals surface area contributed by atoms with Crippen LogP contribution in [0.4, 0.5) is 5.69 Å². The fraction of sp³-hybridized carbons (Fsp3) is 0.522. The maximum Gasteiger partial charge on any atom is 0.322 e. The van der Waals surface area contributed by atoms with Crippen molar-refractivity contribution in [2.75, 3.05) is 5.32 Å². The lowest BCUT2D eigenvalue weighted by Crippen LogP contribution is -2.51. The van der Waals surface area contributed by atoms with Crippen LogP contribution >= 0.6 is 0 Å². The SMILES string of the molecule is Cc1cc(C)nc(Oc2ccc(NC(=O)C34CC5CC(CC(C5)C3)C4)cc2)n1. The third-order valence-electron chi connectivity index (χ3n) is 6.80. The van der Waals surface area contributed by atoms with Crippen LogP contribution in [0.2, 0.25) is 0 Å². The summed E-state index contributed by atoms with van der Waals surface area (Å²) in [6.45, 7) is 3.84. The van der Waals surface area contributed by atoms with Gasteiger partial charge in [-0.15, -0.1) is 0 Å². The van der Waals surface area contributed by atoms with Gasteiger partial charge in [0.15, 0.2) is 0 Å². The van der Waals surface area contributed by atoms with Crippen molar-refractivity contribution >= 4 is 11.6 Å². The van der Waals surface area contributed by atoms with Gasteiger partial charge in [-0.05, 0) is 100 Å². The van der Waals surface area contributed by atoms with Crippen LogP contribution in [0.1, 0.15) is 49.9 Å². The van der Waals surface area contributed by atoms with Crippen LogP contribution in [0.15, 0.2) is 30.3 Å². The van der Waals surface area contributed by atoms with Gasteiger partial charge in [-0.25, -0.2) is 9.97 Å². The average molecular weight is 377 g/mol. The zero-order chi connectivity index (χ0) is 19.3.